The molecule has 38 heavy (non-hydrogen) atoms. The lowest BCUT2D eigenvalue weighted by Gasteiger charge is -2.34. The van der Waals surface area contributed by atoms with Gasteiger partial charge in [0.05, 0.1) is 19.1 Å². The van der Waals surface area contributed by atoms with Crippen LogP contribution < -0.4 is 9.64 Å². The Balaban J connectivity index is 1.53. The van der Waals surface area contributed by atoms with Crippen molar-refractivity contribution in [1.82, 2.24) is 9.80 Å². The Morgan fingerprint density at radius 2 is 1.68 bits per heavy atom. The number of ether oxygens (including phenoxy) is 1. The normalized spacial score (nSPS) is 18.7. The third-order valence-electron chi connectivity index (χ3n) is 7.42. The van der Waals surface area contributed by atoms with E-state index in [2.05, 4.69) is 67.4 Å². The zero-order valence-electron chi connectivity index (χ0n) is 23.3. The van der Waals surface area contributed by atoms with Gasteiger partial charge in [-0.3, -0.25) is 9.69 Å². The summed E-state index contributed by atoms with van der Waals surface area (Å²) < 4.78 is 6.66. The molecule has 202 valence electrons. The number of anilines is 1. The van der Waals surface area contributed by atoms with Gasteiger partial charge >= 0.3 is 0 Å². The predicted molar refractivity (Wildman–Crippen MR) is 155 cm³/mol. The number of carbonyl (C=O) groups excluding carboxylic acids is 1. The minimum absolute atomic E-state index is 0.0201. The Morgan fingerprint density at radius 3 is 2.34 bits per heavy atom. The van der Waals surface area contributed by atoms with Crippen LogP contribution in [0.2, 0.25) is 0 Å². The summed E-state index contributed by atoms with van der Waals surface area (Å²) in [6.45, 7) is 6.03. The second-order valence-electron chi connectivity index (χ2n) is 10.8. The van der Waals surface area contributed by atoms with Crippen LogP contribution in [0.5, 0.6) is 5.75 Å². The number of benzene rings is 3. The lowest BCUT2D eigenvalue weighted by atomic mass is 10.0. The van der Waals surface area contributed by atoms with Crippen LogP contribution >= 0.6 is 0 Å². The fourth-order valence-electron chi connectivity index (χ4n) is 5.03. The van der Waals surface area contributed by atoms with Gasteiger partial charge in [-0.25, -0.2) is 0 Å². The van der Waals surface area contributed by atoms with E-state index < -0.39 is 0 Å². The Hall–Kier alpha value is -3.35. The van der Waals surface area contributed by atoms with Gasteiger partial charge in [-0.1, -0.05) is 61.5 Å². The van der Waals surface area contributed by atoms with E-state index >= 15 is 0 Å². The SMILES string of the molecule is C[C@H](CO)N1C[C@H](C)[C@H](CN(C)Cc2ccc(-c3ccccc3)cc2)Oc2ccc(N(C)C)cc2CC1=O. The molecule has 0 saturated heterocycles. The molecule has 3 aromatic carbocycles. The van der Waals surface area contributed by atoms with Crippen LogP contribution in [-0.4, -0.2) is 73.8 Å². The fraction of sp³-hybridized carbons (Fsp3) is 0.406. The number of carbonyl (C=O) groups is 1. The van der Waals surface area contributed by atoms with Crippen molar-refractivity contribution in [1.29, 1.82) is 0 Å². The average Bonchev–Trinajstić information content (AvgIpc) is 2.96. The molecule has 1 aliphatic heterocycles. The van der Waals surface area contributed by atoms with Crippen LogP contribution in [-0.2, 0) is 17.8 Å². The number of fused-ring (bicyclic) bond motifs is 1. The second kappa shape index (κ2) is 12.5. The van der Waals surface area contributed by atoms with Gasteiger partial charge < -0.3 is 19.6 Å². The molecule has 0 spiro atoms. The van der Waals surface area contributed by atoms with Gasteiger partial charge in [0, 0.05) is 50.9 Å². The molecule has 0 bridgehead atoms. The third kappa shape index (κ3) is 6.74. The molecule has 1 N–H and O–H groups in total. The lowest BCUT2D eigenvalue weighted by molar-refractivity contribution is -0.134. The number of aliphatic hydroxyl groups excluding tert-OH is 1. The maximum absolute atomic E-state index is 13.3. The van der Waals surface area contributed by atoms with Crippen molar-refractivity contribution in [2.45, 2.75) is 39.0 Å². The van der Waals surface area contributed by atoms with E-state index in [1.165, 1.54) is 16.7 Å². The predicted octanol–water partition coefficient (Wildman–Crippen LogP) is 4.70. The van der Waals surface area contributed by atoms with Crippen molar-refractivity contribution in [2.75, 3.05) is 45.7 Å². The molecule has 1 amide bonds. The summed E-state index contributed by atoms with van der Waals surface area (Å²) in [5.74, 6) is 0.863. The molecule has 6 nitrogen and oxygen atoms in total. The van der Waals surface area contributed by atoms with E-state index in [1.807, 2.05) is 55.1 Å². The number of amides is 1. The van der Waals surface area contributed by atoms with Crippen molar-refractivity contribution in [3.63, 3.8) is 0 Å². The fourth-order valence-corrected chi connectivity index (χ4v) is 5.03. The molecule has 3 aromatic rings. The van der Waals surface area contributed by atoms with Crippen molar-refractivity contribution < 1.29 is 14.6 Å². The average molecular weight is 516 g/mol. The van der Waals surface area contributed by atoms with Crippen molar-refractivity contribution >= 4 is 11.6 Å². The Bertz CT molecular complexity index is 1200. The maximum Gasteiger partial charge on any atom is 0.227 e. The number of hydrogen-bond acceptors (Lipinski definition) is 5. The molecule has 4 rings (SSSR count). The number of rotatable bonds is 8. The van der Waals surface area contributed by atoms with E-state index in [1.54, 1.807) is 0 Å². The summed E-state index contributed by atoms with van der Waals surface area (Å²) in [4.78, 5) is 19.5. The van der Waals surface area contributed by atoms with Crippen molar-refractivity contribution in [3.8, 4) is 16.9 Å². The molecule has 3 atom stereocenters. The zero-order valence-corrected chi connectivity index (χ0v) is 23.3. The van der Waals surface area contributed by atoms with Gasteiger partial charge in [0.25, 0.3) is 0 Å². The standard InChI is InChI=1S/C32H41N3O3/c1-23-19-35(24(2)22-36)32(37)18-28-17-29(33(3)4)15-16-30(28)38-31(23)21-34(5)20-25-11-13-27(14-12-25)26-9-7-6-8-10-26/h6-17,23-24,31,36H,18-22H2,1-5H3/t23-,24+,31-/m0/s1. The molecular weight excluding hydrogens is 474 g/mol. The highest BCUT2D eigenvalue weighted by molar-refractivity contribution is 5.80. The largest absolute Gasteiger partial charge is 0.488 e. The van der Waals surface area contributed by atoms with Gasteiger partial charge in [0.2, 0.25) is 5.91 Å². The molecule has 6 heteroatoms. The van der Waals surface area contributed by atoms with Gasteiger partial charge in [-0.15, -0.1) is 0 Å². The topological polar surface area (TPSA) is 56.2 Å². The molecule has 0 saturated carbocycles. The van der Waals surface area contributed by atoms with E-state index in [-0.39, 0.29) is 37.0 Å². The van der Waals surface area contributed by atoms with Crippen molar-refractivity contribution in [3.05, 3.63) is 83.9 Å². The molecule has 0 radical (unpaired) electrons. The first-order chi connectivity index (χ1) is 18.2. The first-order valence-corrected chi connectivity index (χ1v) is 13.4. The first-order valence-electron chi connectivity index (χ1n) is 13.4. The van der Waals surface area contributed by atoms with E-state index in [0.29, 0.717) is 13.1 Å². The Kier molecular flexibility index (Phi) is 9.08. The van der Waals surface area contributed by atoms with Crippen molar-refractivity contribution in [2.24, 2.45) is 5.92 Å². The van der Waals surface area contributed by atoms with Crippen LogP contribution in [0.3, 0.4) is 0 Å². The summed E-state index contributed by atoms with van der Waals surface area (Å²) in [7, 11) is 6.10. The molecule has 1 aliphatic rings. The third-order valence-corrected chi connectivity index (χ3v) is 7.42. The minimum atomic E-state index is -0.245. The number of nitrogens with zero attached hydrogens (tertiary/aromatic N) is 3. The number of aliphatic hydroxyl groups is 1. The summed E-state index contributed by atoms with van der Waals surface area (Å²) in [6, 6.07) is 25.0. The van der Waals surface area contributed by atoms with Crippen LogP contribution in [0.25, 0.3) is 11.1 Å². The molecule has 0 aliphatic carbocycles. The van der Waals surface area contributed by atoms with Gasteiger partial charge in [-0.05, 0) is 48.9 Å². The summed E-state index contributed by atoms with van der Waals surface area (Å²) in [5, 5.41) is 9.86. The molecule has 1 heterocycles. The lowest BCUT2D eigenvalue weighted by Crippen LogP contribution is -2.47. The van der Waals surface area contributed by atoms with E-state index in [4.69, 9.17) is 4.74 Å². The smallest absolute Gasteiger partial charge is 0.227 e. The van der Waals surface area contributed by atoms with Gasteiger partial charge in [0.1, 0.15) is 11.9 Å². The highest BCUT2D eigenvalue weighted by Gasteiger charge is 2.31. The molecule has 0 aromatic heterocycles. The second-order valence-corrected chi connectivity index (χ2v) is 10.8. The minimum Gasteiger partial charge on any atom is -0.488 e. The van der Waals surface area contributed by atoms with Crippen LogP contribution in [0, 0.1) is 5.92 Å². The number of likely N-dealkylation sites (N-methyl/N-ethyl adjacent to an activating group) is 1. The highest BCUT2D eigenvalue weighted by atomic mass is 16.5. The maximum atomic E-state index is 13.3. The summed E-state index contributed by atoms with van der Waals surface area (Å²) in [5.41, 5.74) is 5.58. The molecular formula is C32H41N3O3. The highest BCUT2D eigenvalue weighted by Crippen LogP contribution is 2.30. The number of hydrogen-bond donors (Lipinski definition) is 1. The molecule has 0 unspecified atom stereocenters. The van der Waals surface area contributed by atoms with Crippen LogP contribution in [0.1, 0.15) is 25.0 Å². The van der Waals surface area contributed by atoms with E-state index in [0.717, 1.165) is 23.5 Å². The zero-order chi connectivity index (χ0) is 27.2. The van der Waals surface area contributed by atoms with Gasteiger partial charge in [-0.2, -0.15) is 0 Å². The quantitative estimate of drug-likeness (QED) is 0.471. The summed E-state index contributed by atoms with van der Waals surface area (Å²) in [6.07, 6.45) is 0.136. The van der Waals surface area contributed by atoms with E-state index in [9.17, 15) is 9.90 Å². The monoisotopic (exact) mass is 515 g/mol. The Morgan fingerprint density at radius 1 is 1.00 bits per heavy atom. The van der Waals surface area contributed by atoms with Crippen LogP contribution in [0.4, 0.5) is 5.69 Å². The molecule has 0 fully saturated rings. The van der Waals surface area contributed by atoms with Crippen LogP contribution in [0.15, 0.2) is 72.8 Å². The first kappa shape index (κ1) is 27.7. The summed E-state index contributed by atoms with van der Waals surface area (Å²) >= 11 is 0. The van der Waals surface area contributed by atoms with Gasteiger partial charge in [0.15, 0.2) is 0 Å². The Labute approximate surface area is 227 Å².